The van der Waals surface area contributed by atoms with Crippen LogP contribution in [0, 0.1) is 0 Å². The molecule has 0 saturated carbocycles. The maximum atomic E-state index is 12.6. The lowest BCUT2D eigenvalue weighted by molar-refractivity contribution is -0.139. The summed E-state index contributed by atoms with van der Waals surface area (Å²) >= 11 is 1.55. The van der Waals surface area contributed by atoms with Crippen molar-refractivity contribution in [2.45, 2.75) is 18.7 Å². The number of nitrogens with one attached hydrogen (secondary N) is 2. The van der Waals surface area contributed by atoms with Gasteiger partial charge in [-0.05, 0) is 24.6 Å². The molecule has 0 radical (unpaired) electrons. The lowest BCUT2D eigenvalue weighted by Crippen LogP contribution is -2.46. The predicted molar refractivity (Wildman–Crippen MR) is 99.4 cm³/mol. The summed E-state index contributed by atoms with van der Waals surface area (Å²) in [6.07, 6.45) is 1.62. The van der Waals surface area contributed by atoms with Gasteiger partial charge in [-0.15, -0.1) is 11.8 Å². The smallest absolute Gasteiger partial charge is 0.338 e. The van der Waals surface area contributed by atoms with Gasteiger partial charge in [0.25, 0.3) is 0 Å². The minimum atomic E-state index is -0.539. The van der Waals surface area contributed by atoms with Crippen LogP contribution in [-0.2, 0) is 15.3 Å². The third-order valence-corrected chi connectivity index (χ3v) is 4.83. The van der Waals surface area contributed by atoms with Crippen LogP contribution in [0.5, 0.6) is 0 Å². The molecule has 0 aliphatic carbocycles. The number of rotatable bonds is 7. The summed E-state index contributed by atoms with van der Waals surface area (Å²) in [7, 11) is 0. The third kappa shape index (κ3) is 4.29. The fourth-order valence-corrected chi connectivity index (χ4v) is 3.62. The van der Waals surface area contributed by atoms with Crippen LogP contribution in [0.15, 0.2) is 64.4 Å². The van der Waals surface area contributed by atoms with E-state index in [4.69, 9.17) is 9.15 Å². The highest BCUT2D eigenvalue weighted by Gasteiger charge is 2.33. The van der Waals surface area contributed by atoms with Crippen molar-refractivity contribution in [1.29, 1.82) is 0 Å². The first kappa shape index (κ1) is 18.1. The molecule has 7 heteroatoms. The van der Waals surface area contributed by atoms with Crippen LogP contribution in [0.1, 0.15) is 24.3 Å². The van der Waals surface area contributed by atoms with Crippen LogP contribution < -0.4 is 10.6 Å². The number of carbonyl (C=O) groups excluding carboxylic acids is 2. The van der Waals surface area contributed by atoms with Crippen LogP contribution in [-0.4, -0.2) is 24.4 Å². The van der Waals surface area contributed by atoms with Crippen molar-refractivity contribution in [2.75, 3.05) is 12.4 Å². The van der Waals surface area contributed by atoms with Gasteiger partial charge in [-0.1, -0.05) is 30.3 Å². The minimum Gasteiger partial charge on any atom is -0.468 e. The van der Waals surface area contributed by atoms with E-state index in [1.165, 1.54) is 0 Å². The fraction of sp³-hybridized carbons (Fsp3) is 0.263. The molecular weight excluding hydrogens is 352 g/mol. The molecule has 1 aromatic heterocycles. The Morgan fingerprint density at radius 2 is 2.00 bits per heavy atom. The van der Waals surface area contributed by atoms with Gasteiger partial charge in [-0.3, -0.25) is 0 Å². The quantitative estimate of drug-likeness (QED) is 0.728. The molecule has 26 heavy (non-hydrogen) atoms. The zero-order chi connectivity index (χ0) is 18.4. The number of esters is 1. The molecule has 1 aliphatic rings. The Labute approximate surface area is 156 Å². The Balaban J connectivity index is 1.87. The zero-order valence-electron chi connectivity index (χ0n) is 14.4. The van der Waals surface area contributed by atoms with Crippen molar-refractivity contribution in [2.24, 2.45) is 0 Å². The molecule has 0 saturated heterocycles. The molecule has 0 bridgehead atoms. The van der Waals surface area contributed by atoms with E-state index in [1.807, 2.05) is 42.5 Å². The Hall–Kier alpha value is -2.67. The minimum absolute atomic E-state index is 0.268. The van der Waals surface area contributed by atoms with Gasteiger partial charge >= 0.3 is 12.0 Å². The molecule has 2 heterocycles. The number of amides is 2. The van der Waals surface area contributed by atoms with Gasteiger partial charge < -0.3 is 19.8 Å². The summed E-state index contributed by atoms with van der Waals surface area (Å²) < 4.78 is 10.6. The normalized spacial score (nSPS) is 16.8. The molecule has 136 valence electrons. The van der Waals surface area contributed by atoms with Crippen LogP contribution >= 0.6 is 11.8 Å². The maximum Gasteiger partial charge on any atom is 0.338 e. The van der Waals surface area contributed by atoms with E-state index >= 15 is 0 Å². The van der Waals surface area contributed by atoms with Crippen LogP contribution in [0.2, 0.25) is 0 Å². The summed E-state index contributed by atoms with van der Waals surface area (Å²) in [5, 5.41) is 5.58. The molecule has 1 unspecified atom stereocenters. The third-order valence-electron chi connectivity index (χ3n) is 3.85. The number of carbonyl (C=O) groups is 2. The van der Waals surface area contributed by atoms with Gasteiger partial charge in [0.1, 0.15) is 5.76 Å². The number of hydrogen-bond donors (Lipinski definition) is 2. The Morgan fingerprint density at radius 1 is 1.19 bits per heavy atom. The number of thioether (sulfide) groups is 1. The van der Waals surface area contributed by atoms with Gasteiger partial charge in [0.05, 0.1) is 30.2 Å². The van der Waals surface area contributed by atoms with E-state index in [9.17, 15) is 9.59 Å². The molecule has 2 aromatic rings. The monoisotopic (exact) mass is 372 g/mol. The summed E-state index contributed by atoms with van der Waals surface area (Å²) in [6.45, 7) is 2.03. The molecule has 0 fully saturated rings. The Morgan fingerprint density at radius 3 is 2.69 bits per heavy atom. The standard InChI is InChI=1S/C19H20N2O4S/c1-2-24-18(22)16-15(12-26-11-14-9-6-10-25-14)20-19(23)21-17(16)13-7-4-3-5-8-13/h3-10,17H,2,11-12H2,1H3,(H2,20,21,23). The lowest BCUT2D eigenvalue weighted by Gasteiger charge is -2.29. The number of hydrogen-bond acceptors (Lipinski definition) is 5. The number of ether oxygens (including phenoxy) is 1. The van der Waals surface area contributed by atoms with Gasteiger partial charge in [0, 0.05) is 11.4 Å². The predicted octanol–water partition coefficient (Wildman–Crippen LogP) is 3.38. The summed E-state index contributed by atoms with van der Waals surface area (Å²) in [6, 6.07) is 12.2. The average molecular weight is 372 g/mol. The molecular formula is C19H20N2O4S. The van der Waals surface area contributed by atoms with Crippen molar-refractivity contribution in [3.8, 4) is 0 Å². The summed E-state index contributed by atoms with van der Waals surface area (Å²) in [4.78, 5) is 24.7. The first-order valence-electron chi connectivity index (χ1n) is 8.31. The van der Waals surface area contributed by atoms with E-state index in [-0.39, 0.29) is 12.6 Å². The highest BCUT2D eigenvalue weighted by molar-refractivity contribution is 7.98. The molecule has 1 aromatic carbocycles. The molecule has 3 rings (SSSR count). The SMILES string of the molecule is CCOC(=O)C1=C(CSCc2ccco2)NC(=O)NC1c1ccccc1. The largest absolute Gasteiger partial charge is 0.468 e. The molecule has 1 atom stereocenters. The van der Waals surface area contributed by atoms with Crippen LogP contribution in [0.4, 0.5) is 4.79 Å². The van der Waals surface area contributed by atoms with Crippen LogP contribution in [0.25, 0.3) is 0 Å². The Bertz CT molecular complexity index is 787. The van der Waals surface area contributed by atoms with Gasteiger partial charge in [-0.25, -0.2) is 9.59 Å². The average Bonchev–Trinajstić information content (AvgIpc) is 3.15. The fourth-order valence-electron chi connectivity index (χ4n) is 2.73. The molecule has 2 N–H and O–H groups in total. The topological polar surface area (TPSA) is 80.6 Å². The first-order chi connectivity index (χ1) is 12.7. The second-order valence-electron chi connectivity index (χ2n) is 5.63. The van der Waals surface area contributed by atoms with Gasteiger partial charge in [0.2, 0.25) is 0 Å². The van der Waals surface area contributed by atoms with Gasteiger partial charge in [0.15, 0.2) is 0 Å². The van der Waals surface area contributed by atoms with Crippen molar-refractivity contribution in [1.82, 2.24) is 10.6 Å². The van der Waals surface area contributed by atoms with Crippen molar-refractivity contribution in [3.63, 3.8) is 0 Å². The van der Waals surface area contributed by atoms with E-state index < -0.39 is 12.0 Å². The highest BCUT2D eigenvalue weighted by atomic mass is 32.2. The van der Waals surface area contributed by atoms with E-state index in [2.05, 4.69) is 10.6 Å². The number of benzene rings is 1. The lowest BCUT2D eigenvalue weighted by atomic mass is 9.95. The molecule has 0 spiro atoms. The second kappa shape index (κ2) is 8.62. The van der Waals surface area contributed by atoms with Crippen molar-refractivity contribution >= 4 is 23.8 Å². The summed E-state index contributed by atoms with van der Waals surface area (Å²) in [5.74, 6) is 1.52. The molecule has 1 aliphatic heterocycles. The van der Waals surface area contributed by atoms with E-state index in [0.717, 1.165) is 11.3 Å². The second-order valence-corrected chi connectivity index (χ2v) is 6.61. The van der Waals surface area contributed by atoms with E-state index in [0.29, 0.717) is 22.8 Å². The molecule has 6 nitrogen and oxygen atoms in total. The summed E-state index contributed by atoms with van der Waals surface area (Å²) in [5.41, 5.74) is 1.83. The number of furan rings is 1. The maximum absolute atomic E-state index is 12.6. The highest BCUT2D eigenvalue weighted by Crippen LogP contribution is 2.29. The van der Waals surface area contributed by atoms with Gasteiger partial charge in [-0.2, -0.15) is 0 Å². The number of urea groups is 1. The zero-order valence-corrected chi connectivity index (χ0v) is 15.2. The molecule has 2 amide bonds. The van der Waals surface area contributed by atoms with E-state index in [1.54, 1.807) is 24.9 Å². The first-order valence-corrected chi connectivity index (χ1v) is 9.47. The van der Waals surface area contributed by atoms with Crippen molar-refractivity contribution in [3.05, 3.63) is 71.3 Å². The van der Waals surface area contributed by atoms with Crippen molar-refractivity contribution < 1.29 is 18.7 Å². The van der Waals surface area contributed by atoms with Crippen LogP contribution in [0.3, 0.4) is 0 Å². The Kier molecular flexibility index (Phi) is 6.01.